The Bertz CT molecular complexity index is 659. The van der Waals surface area contributed by atoms with Gasteiger partial charge in [-0.15, -0.1) is 11.3 Å². The average Bonchev–Trinajstić information content (AvgIpc) is 3.05. The van der Waals surface area contributed by atoms with Crippen molar-refractivity contribution in [2.75, 3.05) is 5.32 Å². The van der Waals surface area contributed by atoms with Crippen LogP contribution in [0.5, 0.6) is 0 Å². The van der Waals surface area contributed by atoms with E-state index in [0.717, 1.165) is 28.2 Å². The van der Waals surface area contributed by atoms with Crippen LogP contribution >= 0.6 is 11.3 Å². The summed E-state index contributed by atoms with van der Waals surface area (Å²) >= 11 is 1.73. The number of nitrogens with zero attached hydrogens (tertiary/aromatic N) is 2. The van der Waals surface area contributed by atoms with Gasteiger partial charge in [0.25, 0.3) is 0 Å². The smallest absolute Gasteiger partial charge is 0.139 e. The predicted octanol–water partition coefficient (Wildman–Crippen LogP) is 3.46. The zero-order chi connectivity index (χ0) is 12.4. The monoisotopic (exact) mass is 259 g/mol. The second-order valence-corrected chi connectivity index (χ2v) is 5.12. The number of aromatic nitrogens is 2. The van der Waals surface area contributed by atoms with Gasteiger partial charge in [-0.1, -0.05) is 6.92 Å². The third-order valence-corrected chi connectivity index (χ3v) is 3.88. The van der Waals surface area contributed by atoms with Crippen LogP contribution in [0.1, 0.15) is 16.8 Å². The molecule has 1 N–H and O–H groups in total. The summed E-state index contributed by atoms with van der Waals surface area (Å²) in [6.45, 7) is 2.83. The zero-order valence-corrected chi connectivity index (χ0v) is 10.8. The fourth-order valence-electron chi connectivity index (χ4n) is 1.79. The average molecular weight is 259 g/mol. The van der Waals surface area contributed by atoms with Crippen LogP contribution in [0.25, 0.3) is 11.0 Å². The minimum Gasteiger partial charge on any atom is -0.464 e. The van der Waals surface area contributed by atoms with E-state index in [0.29, 0.717) is 6.54 Å². The Balaban J connectivity index is 1.78. The highest BCUT2D eigenvalue weighted by Gasteiger charge is 2.05. The number of furan rings is 1. The number of pyridine rings is 1. The van der Waals surface area contributed by atoms with Crippen LogP contribution in [0.2, 0.25) is 0 Å². The molecule has 4 nitrogen and oxygen atoms in total. The zero-order valence-electron chi connectivity index (χ0n) is 10.0. The van der Waals surface area contributed by atoms with Crippen molar-refractivity contribution in [3.63, 3.8) is 0 Å². The van der Waals surface area contributed by atoms with Gasteiger partial charge in [0.15, 0.2) is 0 Å². The van der Waals surface area contributed by atoms with Crippen molar-refractivity contribution in [2.45, 2.75) is 19.9 Å². The molecule has 0 atom stereocenters. The number of fused-ring (bicyclic) bond motifs is 1. The SMILES string of the molecule is CCc1cnc(CNc2nccc3occc23)s1. The maximum absolute atomic E-state index is 5.34. The Labute approximate surface area is 109 Å². The van der Waals surface area contributed by atoms with Crippen LogP contribution in [-0.2, 0) is 13.0 Å². The first-order valence-electron chi connectivity index (χ1n) is 5.86. The van der Waals surface area contributed by atoms with Crippen molar-refractivity contribution in [1.82, 2.24) is 9.97 Å². The molecular weight excluding hydrogens is 246 g/mol. The van der Waals surface area contributed by atoms with E-state index in [-0.39, 0.29) is 0 Å². The van der Waals surface area contributed by atoms with Gasteiger partial charge < -0.3 is 9.73 Å². The van der Waals surface area contributed by atoms with Gasteiger partial charge in [0, 0.05) is 17.3 Å². The van der Waals surface area contributed by atoms with Gasteiger partial charge in [0.05, 0.1) is 18.2 Å². The molecule has 0 aliphatic heterocycles. The number of nitrogens with one attached hydrogen (secondary N) is 1. The van der Waals surface area contributed by atoms with E-state index in [2.05, 4.69) is 22.2 Å². The van der Waals surface area contributed by atoms with Crippen molar-refractivity contribution >= 4 is 28.1 Å². The molecule has 0 saturated heterocycles. The van der Waals surface area contributed by atoms with Crippen LogP contribution in [0.15, 0.2) is 35.2 Å². The van der Waals surface area contributed by atoms with Gasteiger partial charge in [-0.05, 0) is 18.6 Å². The maximum Gasteiger partial charge on any atom is 0.139 e. The predicted molar refractivity (Wildman–Crippen MR) is 72.8 cm³/mol. The summed E-state index contributed by atoms with van der Waals surface area (Å²) in [5.74, 6) is 0.842. The minimum atomic E-state index is 0.696. The number of thiazole rings is 1. The summed E-state index contributed by atoms with van der Waals surface area (Å²) in [6, 6.07) is 3.78. The van der Waals surface area contributed by atoms with Gasteiger partial charge in [-0.2, -0.15) is 0 Å². The molecule has 0 saturated carbocycles. The van der Waals surface area contributed by atoms with Crippen molar-refractivity contribution in [3.8, 4) is 0 Å². The van der Waals surface area contributed by atoms with Gasteiger partial charge in [-0.3, -0.25) is 0 Å². The molecule has 0 aromatic carbocycles. The van der Waals surface area contributed by atoms with Gasteiger partial charge in [-0.25, -0.2) is 9.97 Å². The highest BCUT2D eigenvalue weighted by atomic mass is 32.1. The van der Waals surface area contributed by atoms with Crippen LogP contribution < -0.4 is 5.32 Å². The molecule has 0 spiro atoms. The fourth-order valence-corrected chi connectivity index (χ4v) is 2.59. The number of aryl methyl sites for hydroxylation is 1. The Hall–Kier alpha value is -1.88. The van der Waals surface area contributed by atoms with Crippen molar-refractivity contribution in [2.24, 2.45) is 0 Å². The first-order valence-corrected chi connectivity index (χ1v) is 6.68. The molecule has 3 aromatic heterocycles. The molecule has 3 rings (SSSR count). The topological polar surface area (TPSA) is 51.0 Å². The van der Waals surface area contributed by atoms with E-state index in [1.54, 1.807) is 23.8 Å². The summed E-state index contributed by atoms with van der Waals surface area (Å²) in [7, 11) is 0. The van der Waals surface area contributed by atoms with Gasteiger partial charge in [0.2, 0.25) is 0 Å². The van der Waals surface area contributed by atoms with E-state index in [9.17, 15) is 0 Å². The van der Waals surface area contributed by atoms with Crippen LogP contribution in [0.4, 0.5) is 5.82 Å². The van der Waals surface area contributed by atoms with Crippen molar-refractivity contribution in [3.05, 3.63) is 40.7 Å². The molecule has 3 heterocycles. The Morgan fingerprint density at radius 2 is 2.28 bits per heavy atom. The minimum absolute atomic E-state index is 0.696. The molecule has 5 heteroatoms. The summed E-state index contributed by atoms with van der Waals surface area (Å²) in [6.07, 6.45) is 6.39. The number of anilines is 1. The van der Waals surface area contributed by atoms with Crippen molar-refractivity contribution in [1.29, 1.82) is 0 Å². The van der Waals surface area contributed by atoms with Gasteiger partial charge in [0.1, 0.15) is 16.4 Å². The Kier molecular flexibility index (Phi) is 2.98. The molecule has 92 valence electrons. The third kappa shape index (κ3) is 2.09. The van der Waals surface area contributed by atoms with E-state index in [1.807, 2.05) is 18.3 Å². The molecule has 0 bridgehead atoms. The van der Waals surface area contributed by atoms with E-state index in [1.165, 1.54) is 4.88 Å². The van der Waals surface area contributed by atoms with E-state index < -0.39 is 0 Å². The first-order chi connectivity index (χ1) is 8.86. The van der Waals surface area contributed by atoms with Crippen LogP contribution in [0, 0.1) is 0 Å². The molecule has 0 fully saturated rings. The highest BCUT2D eigenvalue weighted by Crippen LogP contribution is 2.22. The quantitative estimate of drug-likeness (QED) is 0.779. The molecule has 0 amide bonds. The molecule has 0 aliphatic rings. The third-order valence-electron chi connectivity index (χ3n) is 2.74. The van der Waals surface area contributed by atoms with Crippen molar-refractivity contribution < 1.29 is 4.42 Å². The molecule has 0 aliphatic carbocycles. The summed E-state index contributed by atoms with van der Waals surface area (Å²) in [5, 5.41) is 5.39. The van der Waals surface area contributed by atoms with E-state index in [4.69, 9.17) is 4.42 Å². The Morgan fingerprint density at radius 3 is 3.11 bits per heavy atom. The van der Waals surface area contributed by atoms with E-state index >= 15 is 0 Å². The normalized spacial score (nSPS) is 10.9. The highest BCUT2D eigenvalue weighted by molar-refractivity contribution is 7.11. The van der Waals surface area contributed by atoms with Crippen LogP contribution in [0.3, 0.4) is 0 Å². The lowest BCUT2D eigenvalue weighted by Crippen LogP contribution is -2.00. The number of hydrogen-bond donors (Lipinski definition) is 1. The van der Waals surface area contributed by atoms with Crippen LogP contribution in [-0.4, -0.2) is 9.97 Å². The number of rotatable bonds is 4. The molecule has 3 aromatic rings. The first kappa shape index (κ1) is 11.2. The number of hydrogen-bond acceptors (Lipinski definition) is 5. The van der Waals surface area contributed by atoms with Gasteiger partial charge >= 0.3 is 0 Å². The maximum atomic E-state index is 5.34. The lowest BCUT2D eigenvalue weighted by Gasteiger charge is -2.03. The summed E-state index contributed by atoms with van der Waals surface area (Å²) < 4.78 is 5.34. The molecular formula is C13H13N3OS. The summed E-state index contributed by atoms with van der Waals surface area (Å²) in [4.78, 5) is 10.0. The lowest BCUT2D eigenvalue weighted by atomic mass is 10.3. The standard InChI is InChI=1S/C13H13N3OS/c1-2-9-7-15-12(18-9)8-16-13-10-4-6-17-11(10)3-5-14-13/h3-7H,2,8H2,1H3,(H,14,16). The molecule has 0 radical (unpaired) electrons. The Morgan fingerprint density at radius 1 is 1.33 bits per heavy atom. The largest absolute Gasteiger partial charge is 0.464 e. The molecule has 0 unspecified atom stereocenters. The lowest BCUT2D eigenvalue weighted by molar-refractivity contribution is 0.615. The second-order valence-electron chi connectivity index (χ2n) is 3.92. The fraction of sp³-hybridized carbons (Fsp3) is 0.231. The second kappa shape index (κ2) is 4.78. The summed E-state index contributed by atoms with van der Waals surface area (Å²) in [5.41, 5.74) is 0.848. The molecule has 18 heavy (non-hydrogen) atoms.